The van der Waals surface area contributed by atoms with Crippen molar-refractivity contribution in [1.82, 2.24) is 10.3 Å². The maximum atomic E-state index is 11.9. The Morgan fingerprint density at radius 3 is 2.68 bits per heavy atom. The van der Waals surface area contributed by atoms with Crippen LogP contribution >= 0.6 is 0 Å². The molecule has 1 aromatic carbocycles. The van der Waals surface area contributed by atoms with Crippen molar-refractivity contribution < 1.29 is 28.5 Å². The lowest BCUT2D eigenvalue weighted by Crippen LogP contribution is -2.42. The van der Waals surface area contributed by atoms with Crippen molar-refractivity contribution >= 4 is 18.1 Å². The van der Waals surface area contributed by atoms with Crippen LogP contribution in [-0.4, -0.2) is 75.7 Å². The Hall–Kier alpha value is -2.65. The molecule has 28 heavy (non-hydrogen) atoms. The van der Waals surface area contributed by atoms with Gasteiger partial charge in [0.05, 0.1) is 39.2 Å². The number of ether oxygens (including phenoxy) is 4. The Morgan fingerprint density at radius 1 is 1.18 bits per heavy atom. The SMILES string of the molecule is CCOC(=O)COc1ccc(/C=N/NC(=O)CN2CCOCC2)cc1OCC. The standard InChI is InChI=1S/C19H27N3O6/c1-3-26-17-11-15(5-6-16(17)28-14-19(24)27-4-2)12-20-21-18(23)13-22-7-9-25-10-8-22/h5-6,11-12H,3-4,7-10,13-14H2,1-2H3,(H,21,23)/b20-12+. The normalized spacial score (nSPS) is 14.6. The average Bonchev–Trinajstić information content (AvgIpc) is 2.68. The molecule has 9 nitrogen and oxygen atoms in total. The molecule has 0 unspecified atom stereocenters. The lowest BCUT2D eigenvalue weighted by molar-refractivity contribution is -0.145. The smallest absolute Gasteiger partial charge is 0.344 e. The molecule has 1 aromatic rings. The van der Waals surface area contributed by atoms with Crippen molar-refractivity contribution in [3.8, 4) is 11.5 Å². The summed E-state index contributed by atoms with van der Waals surface area (Å²) in [5.41, 5.74) is 3.23. The van der Waals surface area contributed by atoms with Crippen LogP contribution in [0, 0.1) is 0 Å². The molecule has 0 atom stereocenters. The molecule has 0 bridgehead atoms. The largest absolute Gasteiger partial charge is 0.490 e. The second-order valence-electron chi connectivity index (χ2n) is 5.91. The van der Waals surface area contributed by atoms with E-state index in [0.717, 1.165) is 18.7 Å². The highest BCUT2D eigenvalue weighted by molar-refractivity contribution is 5.84. The van der Waals surface area contributed by atoms with Gasteiger partial charge in [-0.3, -0.25) is 9.69 Å². The maximum absolute atomic E-state index is 11.9. The zero-order chi connectivity index (χ0) is 20.2. The summed E-state index contributed by atoms with van der Waals surface area (Å²) in [6, 6.07) is 5.16. The molecule has 1 aliphatic heterocycles. The zero-order valence-corrected chi connectivity index (χ0v) is 16.3. The third-order valence-electron chi connectivity index (χ3n) is 3.79. The van der Waals surface area contributed by atoms with Gasteiger partial charge in [0.1, 0.15) is 0 Å². The van der Waals surface area contributed by atoms with E-state index in [1.807, 2.05) is 11.8 Å². The van der Waals surface area contributed by atoms with E-state index in [-0.39, 0.29) is 19.1 Å². The Balaban J connectivity index is 1.89. The van der Waals surface area contributed by atoms with Crippen LogP contribution in [0.4, 0.5) is 0 Å². The van der Waals surface area contributed by atoms with Crippen LogP contribution in [0.5, 0.6) is 11.5 Å². The first-order valence-corrected chi connectivity index (χ1v) is 9.29. The highest BCUT2D eigenvalue weighted by atomic mass is 16.6. The number of hydrogen-bond donors (Lipinski definition) is 1. The van der Waals surface area contributed by atoms with E-state index in [0.29, 0.717) is 37.9 Å². The van der Waals surface area contributed by atoms with E-state index < -0.39 is 5.97 Å². The number of hydrogen-bond acceptors (Lipinski definition) is 8. The topological polar surface area (TPSA) is 98.7 Å². The lowest BCUT2D eigenvalue weighted by atomic mass is 10.2. The molecule has 1 aliphatic rings. The molecule has 1 N–H and O–H groups in total. The number of nitrogens with one attached hydrogen (secondary N) is 1. The second-order valence-corrected chi connectivity index (χ2v) is 5.91. The Morgan fingerprint density at radius 2 is 1.96 bits per heavy atom. The third-order valence-corrected chi connectivity index (χ3v) is 3.79. The number of rotatable bonds is 10. The summed E-state index contributed by atoms with van der Waals surface area (Å²) in [5.74, 6) is 0.287. The highest BCUT2D eigenvalue weighted by Crippen LogP contribution is 2.28. The first kappa shape index (κ1) is 21.6. The van der Waals surface area contributed by atoms with Gasteiger partial charge in [-0.2, -0.15) is 5.10 Å². The third kappa shape index (κ3) is 7.53. The molecule has 1 amide bonds. The summed E-state index contributed by atoms with van der Waals surface area (Å²) >= 11 is 0. The van der Waals surface area contributed by atoms with Crippen LogP contribution in [0.3, 0.4) is 0 Å². The number of hydrazone groups is 1. The van der Waals surface area contributed by atoms with Gasteiger partial charge in [0, 0.05) is 13.1 Å². The van der Waals surface area contributed by atoms with Crippen molar-refractivity contribution in [1.29, 1.82) is 0 Å². The molecule has 0 saturated carbocycles. The van der Waals surface area contributed by atoms with Crippen LogP contribution in [0.25, 0.3) is 0 Å². The summed E-state index contributed by atoms with van der Waals surface area (Å²) in [6.07, 6.45) is 1.52. The average molecular weight is 393 g/mol. The molecule has 0 radical (unpaired) electrons. The van der Waals surface area contributed by atoms with Crippen LogP contribution in [0.2, 0.25) is 0 Å². The Bertz CT molecular complexity index is 674. The number of amides is 1. The van der Waals surface area contributed by atoms with Crippen molar-refractivity contribution in [2.75, 3.05) is 52.7 Å². The van der Waals surface area contributed by atoms with Gasteiger partial charge in [-0.15, -0.1) is 0 Å². The second kappa shape index (κ2) is 11.9. The molecule has 2 rings (SSSR count). The van der Waals surface area contributed by atoms with Gasteiger partial charge >= 0.3 is 5.97 Å². The Kier molecular flexibility index (Phi) is 9.23. The van der Waals surface area contributed by atoms with E-state index in [4.69, 9.17) is 18.9 Å². The van der Waals surface area contributed by atoms with Gasteiger partial charge in [0.25, 0.3) is 5.91 Å². The molecular weight excluding hydrogens is 366 g/mol. The van der Waals surface area contributed by atoms with Gasteiger partial charge in [-0.25, -0.2) is 10.2 Å². The molecule has 1 saturated heterocycles. The molecule has 154 valence electrons. The van der Waals surface area contributed by atoms with Crippen LogP contribution in [0.1, 0.15) is 19.4 Å². The van der Waals surface area contributed by atoms with Crippen molar-refractivity contribution in [2.45, 2.75) is 13.8 Å². The van der Waals surface area contributed by atoms with Gasteiger partial charge in [-0.05, 0) is 37.6 Å². The molecule has 0 spiro atoms. The quantitative estimate of drug-likeness (QED) is 0.357. The van der Waals surface area contributed by atoms with Gasteiger partial charge in [0.15, 0.2) is 18.1 Å². The van der Waals surface area contributed by atoms with E-state index >= 15 is 0 Å². The highest BCUT2D eigenvalue weighted by Gasteiger charge is 2.13. The fraction of sp³-hybridized carbons (Fsp3) is 0.526. The first-order valence-electron chi connectivity index (χ1n) is 9.29. The molecular formula is C19H27N3O6. The summed E-state index contributed by atoms with van der Waals surface area (Å²) in [4.78, 5) is 25.4. The predicted octanol–water partition coefficient (Wildman–Crippen LogP) is 0.810. The summed E-state index contributed by atoms with van der Waals surface area (Å²) in [5, 5.41) is 3.98. The van der Waals surface area contributed by atoms with Gasteiger partial charge < -0.3 is 18.9 Å². The number of esters is 1. The molecule has 1 fully saturated rings. The predicted molar refractivity (Wildman–Crippen MR) is 103 cm³/mol. The van der Waals surface area contributed by atoms with E-state index in [2.05, 4.69) is 10.5 Å². The van der Waals surface area contributed by atoms with Gasteiger partial charge in [0.2, 0.25) is 0 Å². The minimum Gasteiger partial charge on any atom is -0.490 e. The lowest BCUT2D eigenvalue weighted by Gasteiger charge is -2.25. The minimum atomic E-state index is -0.446. The molecule has 0 aromatic heterocycles. The summed E-state index contributed by atoms with van der Waals surface area (Å²) in [6.45, 7) is 7.16. The first-order chi connectivity index (χ1) is 13.6. The number of morpholine rings is 1. The molecule has 0 aliphatic carbocycles. The monoisotopic (exact) mass is 393 g/mol. The number of nitrogens with zero attached hydrogens (tertiary/aromatic N) is 2. The maximum Gasteiger partial charge on any atom is 0.344 e. The molecule has 9 heteroatoms. The number of benzene rings is 1. The minimum absolute atomic E-state index is 0.183. The fourth-order valence-electron chi connectivity index (χ4n) is 2.51. The van der Waals surface area contributed by atoms with E-state index in [9.17, 15) is 9.59 Å². The van der Waals surface area contributed by atoms with Crippen LogP contribution < -0.4 is 14.9 Å². The number of carbonyl (C=O) groups excluding carboxylic acids is 2. The zero-order valence-electron chi connectivity index (χ0n) is 16.3. The van der Waals surface area contributed by atoms with Crippen molar-refractivity contribution in [3.63, 3.8) is 0 Å². The fourth-order valence-corrected chi connectivity index (χ4v) is 2.51. The van der Waals surface area contributed by atoms with Crippen molar-refractivity contribution in [3.05, 3.63) is 23.8 Å². The van der Waals surface area contributed by atoms with E-state index in [1.165, 1.54) is 6.21 Å². The van der Waals surface area contributed by atoms with E-state index in [1.54, 1.807) is 25.1 Å². The summed E-state index contributed by atoms with van der Waals surface area (Å²) < 4.78 is 21.1. The van der Waals surface area contributed by atoms with Crippen LogP contribution in [0.15, 0.2) is 23.3 Å². The Labute approximate surface area is 164 Å². The number of carbonyl (C=O) groups is 2. The van der Waals surface area contributed by atoms with Gasteiger partial charge in [-0.1, -0.05) is 0 Å². The molecule has 1 heterocycles. The van der Waals surface area contributed by atoms with Crippen LogP contribution in [-0.2, 0) is 19.1 Å². The van der Waals surface area contributed by atoms with Crippen molar-refractivity contribution in [2.24, 2.45) is 5.10 Å². The summed E-state index contributed by atoms with van der Waals surface area (Å²) in [7, 11) is 0.